The molecule has 2 saturated carbocycles. The van der Waals surface area contributed by atoms with Gasteiger partial charge in [-0.1, -0.05) is 6.42 Å². The molecule has 2 aliphatic rings. The summed E-state index contributed by atoms with van der Waals surface area (Å²) in [6.45, 7) is -4.01. The molecule has 0 N–H and O–H groups in total. The van der Waals surface area contributed by atoms with Crippen molar-refractivity contribution in [3.8, 4) is 0 Å². The Labute approximate surface area is 89.1 Å². The van der Waals surface area contributed by atoms with E-state index in [1.54, 1.807) is 7.05 Å². The number of halogens is 3. The molecule has 0 saturated heterocycles. The molecular weight excluding hydrogens is 202 g/mol. The minimum absolute atomic E-state index is 0.534. The first-order valence-electron chi connectivity index (χ1n) is 5.83. The Morgan fingerprint density at radius 3 is 2.40 bits per heavy atom. The van der Waals surface area contributed by atoms with Crippen molar-refractivity contribution in [1.29, 1.82) is 0 Å². The third-order valence-electron chi connectivity index (χ3n) is 3.95. The number of hydrogen-bond donors (Lipinski definition) is 0. The Hall–Kier alpha value is -0.185. The van der Waals surface area contributed by atoms with Crippen LogP contribution in [-0.2, 0) is 0 Å². The van der Waals surface area contributed by atoms with Crippen LogP contribution in [0.25, 0.3) is 0 Å². The topological polar surface area (TPSA) is 3.24 Å². The summed E-state index contributed by atoms with van der Waals surface area (Å²) in [5, 5.41) is 0. The summed E-state index contributed by atoms with van der Waals surface area (Å²) in [7, 11) is 1.60. The number of fused-ring (bicyclic) bond motifs is 2. The molecule has 3 atom stereocenters. The van der Waals surface area contributed by atoms with Crippen molar-refractivity contribution < 1.29 is 12.9 Å². The maximum atomic E-state index is 12.2. The van der Waals surface area contributed by atoms with E-state index in [0.717, 1.165) is 11.8 Å². The highest BCUT2D eigenvalue weighted by Gasteiger charge is 2.40. The van der Waals surface area contributed by atoms with Crippen LogP contribution in [0.3, 0.4) is 0 Å². The Morgan fingerprint density at radius 2 is 1.93 bits per heavy atom. The van der Waals surface area contributed by atoms with Crippen LogP contribution in [0.5, 0.6) is 0 Å². The minimum Gasteiger partial charge on any atom is -0.448 e. The molecule has 0 aromatic rings. The molecule has 1 nitrogen and oxygen atoms in total. The van der Waals surface area contributed by atoms with E-state index in [9.17, 15) is 12.9 Å². The molecule has 2 aliphatic carbocycles. The van der Waals surface area contributed by atoms with Gasteiger partial charge in [0.05, 0.1) is 0 Å². The molecule has 0 spiro atoms. The predicted octanol–water partition coefficient (Wildman–Crippen LogP) is 2.74. The molecule has 0 heterocycles. The fraction of sp³-hybridized carbons (Fsp3) is 1.00. The highest BCUT2D eigenvalue weighted by atomic mass is 19.4. The fourth-order valence-electron chi connectivity index (χ4n) is 3.43. The van der Waals surface area contributed by atoms with Crippen molar-refractivity contribution in [1.82, 2.24) is 4.90 Å². The van der Waals surface area contributed by atoms with Crippen molar-refractivity contribution >= 4 is 6.98 Å². The molecule has 2 bridgehead atoms. The molecule has 3 unspecified atom stereocenters. The Morgan fingerprint density at radius 1 is 1.20 bits per heavy atom. The fourth-order valence-corrected chi connectivity index (χ4v) is 3.43. The van der Waals surface area contributed by atoms with E-state index in [1.165, 1.54) is 30.6 Å². The SMILES string of the molecule is CN(CC1CC2CCC1C2)C[B-](F)(F)F. The monoisotopic (exact) mass is 220 g/mol. The van der Waals surface area contributed by atoms with Crippen molar-refractivity contribution in [3.05, 3.63) is 0 Å². The first kappa shape index (κ1) is 11.3. The molecule has 5 heteroatoms. The van der Waals surface area contributed by atoms with Gasteiger partial charge in [0.25, 0.3) is 0 Å². The zero-order valence-electron chi connectivity index (χ0n) is 9.13. The van der Waals surface area contributed by atoms with Gasteiger partial charge in [0.1, 0.15) is 0 Å². The van der Waals surface area contributed by atoms with Crippen LogP contribution >= 0.6 is 0 Å². The summed E-state index contributed by atoms with van der Waals surface area (Å²) in [6, 6.07) is 0. The number of rotatable bonds is 4. The van der Waals surface area contributed by atoms with Crippen LogP contribution < -0.4 is 0 Å². The summed E-state index contributed by atoms with van der Waals surface area (Å²) >= 11 is 0. The average Bonchev–Trinajstić information content (AvgIpc) is 2.60. The largest absolute Gasteiger partial charge is 0.492 e. The highest BCUT2D eigenvalue weighted by molar-refractivity contribution is 6.58. The van der Waals surface area contributed by atoms with Gasteiger partial charge in [-0.15, -0.1) is 0 Å². The lowest BCUT2D eigenvalue weighted by atomic mass is 9.86. The van der Waals surface area contributed by atoms with E-state index in [2.05, 4.69) is 0 Å². The van der Waals surface area contributed by atoms with Crippen LogP contribution in [0.4, 0.5) is 12.9 Å². The second-order valence-corrected chi connectivity index (χ2v) is 5.37. The molecule has 0 aliphatic heterocycles. The maximum Gasteiger partial charge on any atom is 0.492 e. The molecule has 0 aromatic heterocycles. The molecule has 15 heavy (non-hydrogen) atoms. The second-order valence-electron chi connectivity index (χ2n) is 5.37. The van der Waals surface area contributed by atoms with Crippen molar-refractivity contribution in [2.75, 3.05) is 20.0 Å². The second kappa shape index (κ2) is 4.00. The normalized spacial score (nSPS) is 35.4. The quantitative estimate of drug-likeness (QED) is 0.658. The van der Waals surface area contributed by atoms with Crippen molar-refractivity contribution in [2.45, 2.75) is 25.7 Å². The van der Waals surface area contributed by atoms with E-state index >= 15 is 0 Å². The zero-order valence-corrected chi connectivity index (χ0v) is 9.13. The average molecular weight is 220 g/mol. The summed E-state index contributed by atoms with van der Waals surface area (Å²) < 4.78 is 36.6. The van der Waals surface area contributed by atoms with Gasteiger partial charge >= 0.3 is 6.98 Å². The highest BCUT2D eigenvalue weighted by Crippen LogP contribution is 2.48. The third-order valence-corrected chi connectivity index (χ3v) is 3.95. The van der Waals surface area contributed by atoms with Gasteiger partial charge < -0.3 is 17.8 Å². The van der Waals surface area contributed by atoms with Crippen LogP contribution in [-0.4, -0.2) is 31.9 Å². The number of hydrogen-bond acceptors (Lipinski definition) is 1. The van der Waals surface area contributed by atoms with E-state index in [1.807, 2.05) is 0 Å². The lowest BCUT2D eigenvalue weighted by Crippen LogP contribution is -2.39. The molecule has 88 valence electrons. The van der Waals surface area contributed by atoms with Crippen molar-refractivity contribution in [3.63, 3.8) is 0 Å². The van der Waals surface area contributed by atoms with E-state index in [-0.39, 0.29) is 0 Å². The lowest BCUT2D eigenvalue weighted by molar-refractivity contribution is 0.225. The van der Waals surface area contributed by atoms with Gasteiger partial charge in [-0.25, -0.2) is 0 Å². The zero-order chi connectivity index (χ0) is 11.1. The smallest absolute Gasteiger partial charge is 0.448 e. The summed E-state index contributed by atoms with van der Waals surface area (Å²) in [5.41, 5.74) is 0. The van der Waals surface area contributed by atoms with E-state index in [4.69, 9.17) is 0 Å². The Kier molecular flexibility index (Phi) is 3.01. The standard InChI is InChI=1S/C10H18BF3N/c1-15(7-11(12,13)14)6-10-5-8-2-3-9(10)4-8/h8-10H,2-7H2,1H3/q-1. The first-order chi connectivity index (χ1) is 6.94. The Balaban J connectivity index is 1.77. The summed E-state index contributed by atoms with van der Waals surface area (Å²) in [6.07, 6.45) is 4.30. The van der Waals surface area contributed by atoms with Crippen LogP contribution in [0.15, 0.2) is 0 Å². The summed E-state index contributed by atoms with van der Waals surface area (Å²) in [5.74, 6) is 2.08. The molecule has 2 fully saturated rings. The van der Waals surface area contributed by atoms with Gasteiger partial charge in [0.15, 0.2) is 0 Å². The maximum absolute atomic E-state index is 12.2. The van der Waals surface area contributed by atoms with Gasteiger partial charge in [-0.3, -0.25) is 0 Å². The molecule has 0 radical (unpaired) electrons. The van der Waals surface area contributed by atoms with Crippen LogP contribution in [0.1, 0.15) is 25.7 Å². The van der Waals surface area contributed by atoms with Gasteiger partial charge in [0.2, 0.25) is 0 Å². The van der Waals surface area contributed by atoms with E-state index in [0.29, 0.717) is 12.5 Å². The molecule has 2 rings (SSSR count). The van der Waals surface area contributed by atoms with Crippen LogP contribution in [0.2, 0.25) is 0 Å². The van der Waals surface area contributed by atoms with Gasteiger partial charge in [0, 0.05) is 0 Å². The molecule has 0 aromatic carbocycles. The molecular formula is C10H18BF3N-. The third kappa shape index (κ3) is 2.89. The summed E-state index contributed by atoms with van der Waals surface area (Å²) in [4.78, 5) is 1.46. The van der Waals surface area contributed by atoms with Crippen LogP contribution in [0, 0.1) is 17.8 Å². The number of nitrogens with zero attached hydrogens (tertiary/aromatic N) is 1. The van der Waals surface area contributed by atoms with Crippen molar-refractivity contribution in [2.24, 2.45) is 17.8 Å². The van der Waals surface area contributed by atoms with Gasteiger partial charge in [-0.2, -0.15) is 0 Å². The van der Waals surface area contributed by atoms with E-state index < -0.39 is 13.4 Å². The first-order valence-corrected chi connectivity index (χ1v) is 5.83. The lowest BCUT2D eigenvalue weighted by Gasteiger charge is -2.30. The Bertz CT molecular complexity index is 231. The molecule has 0 amide bonds. The predicted molar refractivity (Wildman–Crippen MR) is 55.5 cm³/mol. The van der Waals surface area contributed by atoms with Gasteiger partial charge in [-0.05, 0) is 57.1 Å². The minimum atomic E-state index is -4.65.